The highest BCUT2D eigenvalue weighted by molar-refractivity contribution is 5.78. The van der Waals surface area contributed by atoms with E-state index in [0.717, 1.165) is 23.3 Å². The Morgan fingerprint density at radius 1 is 0.868 bits per heavy atom. The first kappa shape index (κ1) is 25.6. The van der Waals surface area contributed by atoms with Gasteiger partial charge in [-0.25, -0.2) is 4.39 Å². The van der Waals surface area contributed by atoms with Gasteiger partial charge in [-0.3, -0.25) is 9.69 Å². The van der Waals surface area contributed by atoms with Gasteiger partial charge in [-0.15, -0.1) is 0 Å². The summed E-state index contributed by atoms with van der Waals surface area (Å²) in [6, 6.07) is 18.3. The number of piperazine rings is 1. The van der Waals surface area contributed by atoms with Crippen LogP contribution in [0.25, 0.3) is 22.8 Å². The Morgan fingerprint density at radius 2 is 1.58 bits per heavy atom. The number of aromatic nitrogens is 2. The average molecular weight is 525 g/mol. The maximum atomic E-state index is 13.1. The zero-order valence-electron chi connectivity index (χ0n) is 20.3. The van der Waals surface area contributed by atoms with Crippen LogP contribution in [0.15, 0.2) is 77.3 Å². The Kier molecular flexibility index (Phi) is 7.24. The third-order valence-corrected chi connectivity index (χ3v) is 6.45. The minimum Gasteiger partial charge on any atom is -0.340 e. The van der Waals surface area contributed by atoms with E-state index in [0.29, 0.717) is 38.3 Å². The molecular weight excluding hydrogens is 500 g/mol. The fourth-order valence-corrected chi connectivity index (χ4v) is 4.40. The Hall–Kier alpha value is -4.05. The van der Waals surface area contributed by atoms with Crippen LogP contribution < -0.4 is 0 Å². The molecule has 1 saturated heterocycles. The van der Waals surface area contributed by atoms with Crippen molar-refractivity contribution in [3.05, 3.63) is 95.3 Å². The lowest BCUT2D eigenvalue weighted by molar-refractivity contribution is -0.137. The van der Waals surface area contributed by atoms with Gasteiger partial charge < -0.3 is 9.42 Å². The van der Waals surface area contributed by atoms with E-state index in [1.54, 1.807) is 12.1 Å². The van der Waals surface area contributed by atoms with Gasteiger partial charge in [-0.1, -0.05) is 41.6 Å². The number of hydrogen-bond acceptors (Lipinski definition) is 5. The molecule has 38 heavy (non-hydrogen) atoms. The first-order chi connectivity index (χ1) is 18.2. The quantitative estimate of drug-likeness (QED) is 0.314. The monoisotopic (exact) mass is 524 g/mol. The molecule has 5 rings (SSSR count). The molecule has 3 aromatic carbocycles. The second-order valence-corrected chi connectivity index (χ2v) is 9.16. The Bertz CT molecular complexity index is 1410. The van der Waals surface area contributed by atoms with E-state index in [1.165, 1.54) is 24.3 Å². The summed E-state index contributed by atoms with van der Waals surface area (Å²) < 4.78 is 57.5. The zero-order valence-corrected chi connectivity index (χ0v) is 20.3. The molecule has 196 valence electrons. The van der Waals surface area contributed by atoms with Crippen molar-refractivity contribution in [1.82, 2.24) is 19.9 Å². The van der Waals surface area contributed by atoms with Crippen molar-refractivity contribution in [2.24, 2.45) is 0 Å². The predicted molar refractivity (Wildman–Crippen MR) is 132 cm³/mol. The lowest BCUT2D eigenvalue weighted by atomic mass is 10.1. The van der Waals surface area contributed by atoms with E-state index in [-0.39, 0.29) is 35.4 Å². The van der Waals surface area contributed by atoms with Gasteiger partial charge >= 0.3 is 6.18 Å². The highest BCUT2D eigenvalue weighted by Gasteiger charge is 2.31. The van der Waals surface area contributed by atoms with Gasteiger partial charge in [-0.05, 0) is 47.5 Å². The van der Waals surface area contributed by atoms with Crippen molar-refractivity contribution in [2.45, 2.75) is 19.1 Å². The third-order valence-electron chi connectivity index (χ3n) is 6.45. The minimum atomic E-state index is -4.46. The maximum Gasteiger partial charge on any atom is 0.416 e. The molecule has 0 aliphatic carbocycles. The van der Waals surface area contributed by atoms with E-state index in [9.17, 15) is 22.4 Å². The van der Waals surface area contributed by atoms with Crippen LogP contribution in [0.3, 0.4) is 0 Å². The van der Waals surface area contributed by atoms with Gasteiger partial charge in [0.15, 0.2) is 0 Å². The SMILES string of the molecule is O=C(Cc1ccc(F)cc1)N1CCN(Cc2cccc(-c3noc(-c4cccc(C(F)(F)F)c4)n3)c2)CC1. The van der Waals surface area contributed by atoms with Crippen molar-refractivity contribution in [3.8, 4) is 22.8 Å². The first-order valence-electron chi connectivity index (χ1n) is 12.1. The molecule has 1 aromatic heterocycles. The summed E-state index contributed by atoms with van der Waals surface area (Å²) in [5, 5.41) is 3.97. The molecule has 10 heteroatoms. The number of carbonyl (C=O) groups excluding carboxylic acids is 1. The van der Waals surface area contributed by atoms with Crippen LogP contribution in [0, 0.1) is 5.82 Å². The fraction of sp³-hybridized carbons (Fsp3) is 0.250. The summed E-state index contributed by atoms with van der Waals surface area (Å²) in [5.74, 6) is -0.00490. The topological polar surface area (TPSA) is 62.5 Å². The van der Waals surface area contributed by atoms with E-state index in [4.69, 9.17) is 4.52 Å². The van der Waals surface area contributed by atoms with E-state index in [2.05, 4.69) is 15.0 Å². The van der Waals surface area contributed by atoms with Gasteiger partial charge in [0.1, 0.15) is 5.82 Å². The summed E-state index contributed by atoms with van der Waals surface area (Å²) >= 11 is 0. The third kappa shape index (κ3) is 6.08. The molecule has 6 nitrogen and oxygen atoms in total. The van der Waals surface area contributed by atoms with Gasteiger partial charge in [0.2, 0.25) is 11.7 Å². The second-order valence-electron chi connectivity index (χ2n) is 9.16. The Balaban J connectivity index is 1.19. The summed E-state index contributed by atoms with van der Waals surface area (Å²) in [7, 11) is 0. The molecule has 1 aliphatic heterocycles. The molecule has 1 amide bonds. The van der Waals surface area contributed by atoms with E-state index < -0.39 is 11.7 Å². The van der Waals surface area contributed by atoms with Crippen molar-refractivity contribution in [2.75, 3.05) is 26.2 Å². The maximum absolute atomic E-state index is 13.1. The van der Waals surface area contributed by atoms with Crippen molar-refractivity contribution in [3.63, 3.8) is 0 Å². The van der Waals surface area contributed by atoms with E-state index in [1.807, 2.05) is 29.2 Å². The predicted octanol–water partition coefficient (Wildman–Crippen LogP) is 5.45. The molecule has 2 heterocycles. The van der Waals surface area contributed by atoms with Gasteiger partial charge in [0.25, 0.3) is 5.89 Å². The van der Waals surface area contributed by atoms with Gasteiger partial charge in [-0.2, -0.15) is 18.2 Å². The number of amides is 1. The van der Waals surface area contributed by atoms with Crippen LogP contribution in [-0.2, 0) is 23.9 Å². The summed E-state index contributed by atoms with van der Waals surface area (Å²) in [6.45, 7) is 3.28. The van der Waals surface area contributed by atoms with Gasteiger partial charge in [0, 0.05) is 43.9 Å². The summed E-state index contributed by atoms with van der Waals surface area (Å²) in [5.41, 5.74) is 1.90. The molecule has 0 atom stereocenters. The van der Waals surface area contributed by atoms with Gasteiger partial charge in [0.05, 0.1) is 12.0 Å². The number of benzene rings is 3. The average Bonchev–Trinajstić information content (AvgIpc) is 3.41. The number of nitrogens with zero attached hydrogens (tertiary/aromatic N) is 4. The molecule has 0 saturated carbocycles. The molecule has 1 aliphatic rings. The van der Waals surface area contributed by atoms with Crippen LogP contribution in [0.1, 0.15) is 16.7 Å². The molecule has 4 aromatic rings. The molecule has 0 spiro atoms. The van der Waals surface area contributed by atoms with Crippen LogP contribution in [-0.4, -0.2) is 52.0 Å². The summed E-state index contributed by atoms with van der Waals surface area (Å²) in [6.07, 6.45) is -4.22. The van der Waals surface area contributed by atoms with Crippen LogP contribution in [0.5, 0.6) is 0 Å². The van der Waals surface area contributed by atoms with Crippen LogP contribution in [0.2, 0.25) is 0 Å². The standard InChI is InChI=1S/C28H24F4N4O2/c29-24-9-7-19(8-10-24)16-25(37)36-13-11-35(12-14-36)18-20-3-1-4-21(15-20)26-33-27(38-34-26)22-5-2-6-23(17-22)28(30,31)32/h1-10,15,17H,11-14,16,18H2. The van der Waals surface area contributed by atoms with Crippen LogP contribution >= 0.6 is 0 Å². The molecular formula is C28H24F4N4O2. The number of carbonyl (C=O) groups is 1. The molecule has 0 bridgehead atoms. The first-order valence-corrected chi connectivity index (χ1v) is 12.1. The number of rotatable bonds is 6. The highest BCUT2D eigenvalue weighted by atomic mass is 19.4. The molecule has 1 fully saturated rings. The lowest BCUT2D eigenvalue weighted by Crippen LogP contribution is -2.48. The number of halogens is 4. The minimum absolute atomic E-state index is 0.0120. The highest BCUT2D eigenvalue weighted by Crippen LogP contribution is 2.32. The molecule has 0 unspecified atom stereocenters. The molecule has 0 radical (unpaired) electrons. The van der Waals surface area contributed by atoms with Crippen molar-refractivity contribution < 1.29 is 26.9 Å². The lowest BCUT2D eigenvalue weighted by Gasteiger charge is -2.35. The largest absolute Gasteiger partial charge is 0.416 e. The normalized spacial score (nSPS) is 14.6. The number of hydrogen-bond donors (Lipinski definition) is 0. The Morgan fingerprint density at radius 3 is 2.32 bits per heavy atom. The van der Waals surface area contributed by atoms with Crippen molar-refractivity contribution in [1.29, 1.82) is 0 Å². The number of alkyl halides is 3. The Labute approximate surface area is 216 Å². The zero-order chi connectivity index (χ0) is 26.7. The summed E-state index contributed by atoms with van der Waals surface area (Å²) in [4.78, 5) is 21.0. The van der Waals surface area contributed by atoms with Crippen LogP contribution in [0.4, 0.5) is 17.6 Å². The van der Waals surface area contributed by atoms with Crippen molar-refractivity contribution >= 4 is 5.91 Å². The fourth-order valence-electron chi connectivity index (χ4n) is 4.40. The second kappa shape index (κ2) is 10.7. The smallest absolute Gasteiger partial charge is 0.340 e. The van der Waals surface area contributed by atoms with E-state index >= 15 is 0 Å². The molecule has 0 N–H and O–H groups in total.